The topological polar surface area (TPSA) is 43.4 Å². The zero-order chi connectivity index (χ0) is 13.2. The van der Waals surface area contributed by atoms with Crippen molar-refractivity contribution in [3.05, 3.63) is 65.7 Å². The van der Waals surface area contributed by atoms with Gasteiger partial charge < -0.3 is 4.74 Å². The maximum atomic E-state index is 12.3. The van der Waals surface area contributed by atoms with Crippen molar-refractivity contribution in [2.75, 3.05) is 0 Å². The van der Waals surface area contributed by atoms with Gasteiger partial charge in [-0.2, -0.15) is 0 Å². The molecule has 0 saturated carbocycles. The van der Waals surface area contributed by atoms with E-state index in [-0.39, 0.29) is 5.78 Å². The summed E-state index contributed by atoms with van der Waals surface area (Å²) in [6.45, 7) is 0. The number of fused-ring (bicyclic) bond motifs is 1. The lowest BCUT2D eigenvalue weighted by Crippen LogP contribution is -2.33. The molecule has 2 aromatic carbocycles. The maximum absolute atomic E-state index is 12.3. The minimum absolute atomic E-state index is 0.180. The molecule has 1 aliphatic rings. The molecular formula is C16H12O3. The van der Waals surface area contributed by atoms with Crippen molar-refractivity contribution in [1.29, 1.82) is 0 Å². The molecule has 0 aromatic heterocycles. The molecule has 3 rings (SSSR count). The first-order valence-corrected chi connectivity index (χ1v) is 6.14. The van der Waals surface area contributed by atoms with E-state index in [0.29, 0.717) is 17.7 Å². The lowest BCUT2D eigenvalue weighted by molar-refractivity contribution is -0.138. The smallest absolute Gasteiger partial charge is 0.322 e. The average molecular weight is 252 g/mol. The van der Waals surface area contributed by atoms with E-state index in [1.165, 1.54) is 0 Å². The van der Waals surface area contributed by atoms with Gasteiger partial charge in [0, 0.05) is 5.56 Å². The number of carbonyl (C=O) groups is 2. The number of esters is 1. The Morgan fingerprint density at radius 1 is 1.00 bits per heavy atom. The lowest BCUT2D eigenvalue weighted by Gasteiger charge is -2.22. The molecule has 1 atom stereocenters. The van der Waals surface area contributed by atoms with Crippen LogP contribution in [0.1, 0.15) is 15.9 Å². The Balaban J connectivity index is 1.91. The van der Waals surface area contributed by atoms with Gasteiger partial charge in [-0.15, -0.1) is 0 Å². The van der Waals surface area contributed by atoms with Crippen molar-refractivity contribution in [2.45, 2.75) is 6.42 Å². The van der Waals surface area contributed by atoms with Crippen molar-refractivity contribution in [1.82, 2.24) is 0 Å². The Morgan fingerprint density at radius 3 is 2.47 bits per heavy atom. The van der Waals surface area contributed by atoms with Crippen LogP contribution < -0.4 is 4.74 Å². The third kappa shape index (κ3) is 2.15. The Labute approximate surface area is 110 Å². The molecule has 3 nitrogen and oxygen atoms in total. The molecule has 1 heterocycles. The summed E-state index contributed by atoms with van der Waals surface area (Å²) in [6.07, 6.45) is 0.405. The number of hydrogen-bond donors (Lipinski definition) is 0. The van der Waals surface area contributed by atoms with Crippen LogP contribution >= 0.6 is 0 Å². The van der Waals surface area contributed by atoms with Crippen LogP contribution in [0.4, 0.5) is 0 Å². The van der Waals surface area contributed by atoms with Gasteiger partial charge in [0.1, 0.15) is 11.7 Å². The minimum atomic E-state index is -0.739. The van der Waals surface area contributed by atoms with Crippen LogP contribution in [0.25, 0.3) is 0 Å². The molecule has 0 N–H and O–H groups in total. The first-order chi connectivity index (χ1) is 9.25. The van der Waals surface area contributed by atoms with E-state index in [4.69, 9.17) is 4.74 Å². The van der Waals surface area contributed by atoms with Gasteiger partial charge in [0.15, 0.2) is 5.78 Å². The van der Waals surface area contributed by atoms with Gasteiger partial charge >= 0.3 is 5.97 Å². The number of benzene rings is 2. The van der Waals surface area contributed by atoms with Crippen LogP contribution in [0, 0.1) is 5.92 Å². The maximum Gasteiger partial charge on any atom is 0.322 e. The molecule has 0 unspecified atom stereocenters. The summed E-state index contributed by atoms with van der Waals surface area (Å²) in [5.74, 6) is -0.824. The zero-order valence-electron chi connectivity index (χ0n) is 10.2. The van der Waals surface area contributed by atoms with Crippen molar-refractivity contribution < 1.29 is 14.3 Å². The average Bonchev–Trinajstić information content (AvgIpc) is 2.47. The summed E-state index contributed by atoms with van der Waals surface area (Å²) in [6, 6.07) is 16.2. The number of Topliss-reactive ketones (excluding diaryl/α,β-unsaturated/α-hetero) is 1. The summed E-state index contributed by atoms with van der Waals surface area (Å²) in [5, 5.41) is 0. The number of rotatable bonds is 2. The van der Waals surface area contributed by atoms with Crippen LogP contribution in [0.3, 0.4) is 0 Å². The fourth-order valence-corrected chi connectivity index (χ4v) is 2.26. The van der Waals surface area contributed by atoms with Gasteiger partial charge in [-0.3, -0.25) is 9.59 Å². The summed E-state index contributed by atoms with van der Waals surface area (Å²) >= 11 is 0. The Kier molecular flexibility index (Phi) is 2.88. The second-order valence-corrected chi connectivity index (χ2v) is 4.52. The highest BCUT2D eigenvalue weighted by Crippen LogP contribution is 2.29. The van der Waals surface area contributed by atoms with E-state index in [1.54, 1.807) is 30.3 Å². The molecule has 2 aromatic rings. The van der Waals surface area contributed by atoms with Gasteiger partial charge in [0.05, 0.1) is 0 Å². The van der Waals surface area contributed by atoms with E-state index in [2.05, 4.69) is 0 Å². The van der Waals surface area contributed by atoms with Crippen LogP contribution in [-0.2, 0) is 11.2 Å². The molecule has 0 fully saturated rings. The summed E-state index contributed by atoms with van der Waals surface area (Å²) in [5.41, 5.74) is 1.44. The second-order valence-electron chi connectivity index (χ2n) is 4.52. The quantitative estimate of drug-likeness (QED) is 0.357. The first-order valence-electron chi connectivity index (χ1n) is 6.14. The van der Waals surface area contributed by atoms with Crippen LogP contribution in [0.5, 0.6) is 5.75 Å². The number of ether oxygens (including phenoxy) is 1. The Hall–Kier alpha value is -2.42. The van der Waals surface area contributed by atoms with Gasteiger partial charge in [-0.1, -0.05) is 48.5 Å². The molecule has 1 aliphatic heterocycles. The lowest BCUT2D eigenvalue weighted by atomic mass is 9.89. The second kappa shape index (κ2) is 4.69. The van der Waals surface area contributed by atoms with Gasteiger partial charge in [0.2, 0.25) is 0 Å². The molecule has 0 radical (unpaired) electrons. The largest absolute Gasteiger partial charge is 0.426 e. The number of hydrogen-bond acceptors (Lipinski definition) is 3. The zero-order valence-corrected chi connectivity index (χ0v) is 10.2. The summed E-state index contributed by atoms with van der Waals surface area (Å²) in [7, 11) is 0. The molecule has 0 aliphatic carbocycles. The van der Waals surface area contributed by atoms with Crippen LogP contribution in [0.2, 0.25) is 0 Å². The molecular weight excluding hydrogens is 240 g/mol. The molecule has 0 bridgehead atoms. The molecule has 0 spiro atoms. The number of carbonyl (C=O) groups excluding carboxylic acids is 2. The third-order valence-corrected chi connectivity index (χ3v) is 3.27. The highest BCUT2D eigenvalue weighted by molar-refractivity contribution is 6.09. The Bertz CT molecular complexity index is 631. The van der Waals surface area contributed by atoms with Crippen molar-refractivity contribution in [3.63, 3.8) is 0 Å². The van der Waals surface area contributed by atoms with Crippen molar-refractivity contribution in [2.24, 2.45) is 5.92 Å². The fourth-order valence-electron chi connectivity index (χ4n) is 2.26. The highest BCUT2D eigenvalue weighted by Gasteiger charge is 2.34. The summed E-state index contributed by atoms with van der Waals surface area (Å²) < 4.78 is 5.23. The predicted molar refractivity (Wildman–Crippen MR) is 70.0 cm³/mol. The Morgan fingerprint density at radius 2 is 1.68 bits per heavy atom. The van der Waals surface area contributed by atoms with Crippen molar-refractivity contribution >= 4 is 11.8 Å². The van der Waals surface area contributed by atoms with Crippen LogP contribution in [-0.4, -0.2) is 11.8 Å². The molecule has 94 valence electrons. The SMILES string of the molecule is O=C1Oc2ccccc2C[C@H]1C(=O)c1ccccc1. The van der Waals surface area contributed by atoms with Gasteiger partial charge in [-0.25, -0.2) is 0 Å². The number of ketones is 1. The van der Waals surface area contributed by atoms with E-state index in [0.717, 1.165) is 5.56 Å². The molecule has 0 saturated heterocycles. The van der Waals surface area contributed by atoms with Gasteiger partial charge in [-0.05, 0) is 18.1 Å². The number of para-hydroxylation sites is 1. The van der Waals surface area contributed by atoms with Gasteiger partial charge in [0.25, 0.3) is 0 Å². The third-order valence-electron chi connectivity index (χ3n) is 3.27. The predicted octanol–water partition coefficient (Wildman–Crippen LogP) is 2.65. The minimum Gasteiger partial charge on any atom is -0.426 e. The molecule has 3 heteroatoms. The van der Waals surface area contributed by atoms with Crippen LogP contribution in [0.15, 0.2) is 54.6 Å². The first kappa shape index (κ1) is 11.7. The normalized spacial score (nSPS) is 17.5. The molecule has 0 amide bonds. The van der Waals surface area contributed by atoms with E-state index in [9.17, 15) is 9.59 Å². The highest BCUT2D eigenvalue weighted by atomic mass is 16.5. The molecule has 19 heavy (non-hydrogen) atoms. The van der Waals surface area contributed by atoms with E-state index >= 15 is 0 Å². The van der Waals surface area contributed by atoms with E-state index < -0.39 is 11.9 Å². The standard InChI is InChI=1S/C16H12O3/c17-15(11-6-2-1-3-7-11)13-10-12-8-4-5-9-14(12)19-16(13)18/h1-9,13H,10H2/t13-/m0/s1. The van der Waals surface area contributed by atoms with Crippen molar-refractivity contribution in [3.8, 4) is 5.75 Å². The van der Waals surface area contributed by atoms with E-state index in [1.807, 2.05) is 24.3 Å². The monoisotopic (exact) mass is 252 g/mol. The summed E-state index contributed by atoms with van der Waals surface area (Å²) in [4.78, 5) is 24.2. The fraction of sp³-hybridized carbons (Fsp3) is 0.125.